The third kappa shape index (κ3) is 3.15. The van der Waals surface area contributed by atoms with E-state index in [0.29, 0.717) is 5.65 Å². The summed E-state index contributed by atoms with van der Waals surface area (Å²) in [5, 5.41) is 29.9. The predicted octanol–water partition coefficient (Wildman–Crippen LogP) is 0.676. The standard InChI is InChI=1S/C18H20N4O5/c1-10-4-2-3-5-11(10)7-26-15-14(24)12(6-23)27-18(15)22-9-21-13-16(22)19-8-20-17(13)25/h2-5,8-9,12,14-15,18,23-24H,6-7H2,1H3,(H,19,20,25)/t12-,14?,15?,18-/m1/s1. The van der Waals surface area contributed by atoms with Crippen molar-refractivity contribution in [1.82, 2.24) is 19.5 Å². The average molecular weight is 372 g/mol. The van der Waals surface area contributed by atoms with E-state index in [4.69, 9.17) is 9.47 Å². The second-order valence-corrected chi connectivity index (χ2v) is 6.46. The van der Waals surface area contributed by atoms with Gasteiger partial charge in [0.25, 0.3) is 0 Å². The van der Waals surface area contributed by atoms with Crippen LogP contribution in [0.4, 0.5) is 0 Å². The Labute approximate surface area is 154 Å². The van der Waals surface area contributed by atoms with Gasteiger partial charge >= 0.3 is 0 Å². The SMILES string of the molecule is Cc1ccccc1COC1C(O)[C@@H](CO)O[C@H]1n1cnc2c(O)ncnc21. The topological polar surface area (TPSA) is 123 Å². The van der Waals surface area contributed by atoms with Gasteiger partial charge in [-0.05, 0) is 18.1 Å². The molecular formula is C18H20N4O5. The number of ether oxygens (including phenoxy) is 2. The minimum absolute atomic E-state index is 0.223. The van der Waals surface area contributed by atoms with E-state index >= 15 is 0 Å². The molecule has 3 aromatic rings. The summed E-state index contributed by atoms with van der Waals surface area (Å²) in [5.74, 6) is -0.242. The van der Waals surface area contributed by atoms with Crippen LogP contribution in [-0.2, 0) is 16.1 Å². The van der Waals surface area contributed by atoms with Crippen LogP contribution in [0.25, 0.3) is 11.2 Å². The third-order valence-electron chi connectivity index (χ3n) is 4.80. The Morgan fingerprint density at radius 3 is 2.81 bits per heavy atom. The number of aromatic hydroxyl groups is 1. The van der Waals surface area contributed by atoms with Gasteiger partial charge in [0, 0.05) is 0 Å². The Balaban J connectivity index is 1.64. The third-order valence-corrected chi connectivity index (χ3v) is 4.80. The molecule has 1 aliphatic heterocycles. The van der Waals surface area contributed by atoms with Gasteiger partial charge in [-0.25, -0.2) is 9.97 Å². The minimum Gasteiger partial charge on any atom is -0.492 e. The second-order valence-electron chi connectivity index (χ2n) is 6.46. The molecule has 1 fully saturated rings. The molecule has 9 heteroatoms. The molecule has 2 aromatic heterocycles. The van der Waals surface area contributed by atoms with Gasteiger partial charge in [0.05, 0.1) is 19.5 Å². The van der Waals surface area contributed by atoms with Crippen molar-refractivity contribution in [1.29, 1.82) is 0 Å². The highest BCUT2D eigenvalue weighted by atomic mass is 16.6. The minimum atomic E-state index is -1.03. The smallest absolute Gasteiger partial charge is 0.242 e. The summed E-state index contributed by atoms with van der Waals surface area (Å²) < 4.78 is 13.4. The van der Waals surface area contributed by atoms with Crippen molar-refractivity contribution in [2.45, 2.75) is 38.1 Å². The fraction of sp³-hybridized carbons (Fsp3) is 0.389. The van der Waals surface area contributed by atoms with Crippen molar-refractivity contribution >= 4 is 11.2 Å². The number of hydrogen-bond donors (Lipinski definition) is 3. The van der Waals surface area contributed by atoms with E-state index in [9.17, 15) is 15.3 Å². The van der Waals surface area contributed by atoms with E-state index in [-0.39, 0.29) is 24.6 Å². The zero-order valence-corrected chi connectivity index (χ0v) is 14.6. The van der Waals surface area contributed by atoms with Crippen LogP contribution in [-0.4, -0.2) is 59.8 Å². The van der Waals surface area contributed by atoms with Crippen LogP contribution in [0.15, 0.2) is 36.9 Å². The number of benzene rings is 1. The summed E-state index contributed by atoms with van der Waals surface area (Å²) >= 11 is 0. The average Bonchev–Trinajstić information content (AvgIpc) is 3.23. The van der Waals surface area contributed by atoms with Gasteiger partial charge in [0.2, 0.25) is 5.88 Å². The molecule has 4 rings (SSSR count). The predicted molar refractivity (Wildman–Crippen MR) is 93.7 cm³/mol. The number of aliphatic hydroxyl groups excluding tert-OH is 2. The van der Waals surface area contributed by atoms with E-state index in [0.717, 1.165) is 11.1 Å². The zero-order chi connectivity index (χ0) is 19.0. The number of imidazole rings is 1. The first kappa shape index (κ1) is 17.8. The van der Waals surface area contributed by atoms with Gasteiger partial charge < -0.3 is 24.8 Å². The highest BCUT2D eigenvalue weighted by Gasteiger charge is 2.46. The largest absolute Gasteiger partial charge is 0.492 e. The Kier molecular flexibility index (Phi) is 4.75. The summed E-state index contributed by atoms with van der Waals surface area (Å²) in [6, 6.07) is 7.80. The van der Waals surface area contributed by atoms with Crippen LogP contribution < -0.4 is 0 Å². The Hall–Kier alpha value is -2.59. The first-order valence-electron chi connectivity index (χ1n) is 8.57. The molecule has 1 aromatic carbocycles. The maximum Gasteiger partial charge on any atom is 0.242 e. The molecule has 4 atom stereocenters. The summed E-state index contributed by atoms with van der Waals surface area (Å²) in [7, 11) is 0. The number of nitrogens with zero attached hydrogens (tertiary/aromatic N) is 4. The van der Waals surface area contributed by atoms with Gasteiger partial charge in [0.15, 0.2) is 17.4 Å². The summed E-state index contributed by atoms with van der Waals surface area (Å²) in [5.41, 5.74) is 2.64. The molecule has 0 radical (unpaired) electrons. The van der Waals surface area contributed by atoms with Crippen LogP contribution in [0.1, 0.15) is 17.4 Å². The Morgan fingerprint density at radius 2 is 2.04 bits per heavy atom. The van der Waals surface area contributed by atoms with E-state index in [1.165, 1.54) is 12.7 Å². The van der Waals surface area contributed by atoms with Gasteiger partial charge in [-0.3, -0.25) is 4.57 Å². The summed E-state index contributed by atoms with van der Waals surface area (Å²) in [4.78, 5) is 12.0. The van der Waals surface area contributed by atoms with Gasteiger partial charge in [-0.15, -0.1) is 0 Å². The lowest BCUT2D eigenvalue weighted by Crippen LogP contribution is -2.35. The van der Waals surface area contributed by atoms with Crippen LogP contribution in [0.3, 0.4) is 0 Å². The van der Waals surface area contributed by atoms with E-state index < -0.39 is 24.5 Å². The lowest BCUT2D eigenvalue weighted by molar-refractivity contribution is -0.0762. The lowest BCUT2D eigenvalue weighted by atomic mass is 10.1. The number of aryl methyl sites for hydroxylation is 1. The number of hydrogen-bond acceptors (Lipinski definition) is 8. The number of aliphatic hydroxyl groups is 2. The first-order valence-corrected chi connectivity index (χ1v) is 8.57. The highest BCUT2D eigenvalue weighted by molar-refractivity contribution is 5.75. The summed E-state index contributed by atoms with van der Waals surface area (Å²) in [6.07, 6.45) is -0.688. The maximum absolute atomic E-state index is 10.6. The molecule has 0 bridgehead atoms. The molecule has 3 heterocycles. The molecule has 0 spiro atoms. The molecule has 0 saturated carbocycles. The molecule has 1 saturated heterocycles. The van der Waals surface area contributed by atoms with Crippen molar-refractivity contribution in [3.63, 3.8) is 0 Å². The molecule has 0 aliphatic carbocycles. The second kappa shape index (κ2) is 7.20. The monoisotopic (exact) mass is 372 g/mol. The molecule has 27 heavy (non-hydrogen) atoms. The first-order chi connectivity index (χ1) is 13.1. The zero-order valence-electron chi connectivity index (χ0n) is 14.6. The van der Waals surface area contributed by atoms with Crippen LogP contribution in [0, 0.1) is 6.92 Å². The van der Waals surface area contributed by atoms with Crippen molar-refractivity contribution < 1.29 is 24.8 Å². The quantitative estimate of drug-likeness (QED) is 0.597. The molecule has 2 unspecified atom stereocenters. The fourth-order valence-corrected chi connectivity index (χ4v) is 3.26. The van der Waals surface area contributed by atoms with Crippen LogP contribution in [0.5, 0.6) is 5.88 Å². The molecule has 3 N–H and O–H groups in total. The Bertz CT molecular complexity index is 946. The van der Waals surface area contributed by atoms with E-state index in [1.807, 2.05) is 31.2 Å². The molecule has 1 aliphatic rings. The molecular weight excluding hydrogens is 352 g/mol. The summed E-state index contributed by atoms with van der Waals surface area (Å²) in [6.45, 7) is 1.91. The maximum atomic E-state index is 10.6. The van der Waals surface area contributed by atoms with Crippen molar-refractivity contribution in [2.75, 3.05) is 6.61 Å². The molecule has 0 amide bonds. The molecule has 9 nitrogen and oxygen atoms in total. The number of rotatable bonds is 5. The number of fused-ring (bicyclic) bond motifs is 1. The highest BCUT2D eigenvalue weighted by Crippen LogP contribution is 2.34. The number of aromatic nitrogens is 4. The van der Waals surface area contributed by atoms with Gasteiger partial charge in [-0.2, -0.15) is 4.98 Å². The van der Waals surface area contributed by atoms with Gasteiger partial charge in [-0.1, -0.05) is 24.3 Å². The van der Waals surface area contributed by atoms with Crippen LogP contribution in [0.2, 0.25) is 0 Å². The van der Waals surface area contributed by atoms with Crippen molar-refractivity contribution in [2.24, 2.45) is 0 Å². The van der Waals surface area contributed by atoms with E-state index in [2.05, 4.69) is 15.0 Å². The molecule has 142 valence electrons. The Morgan fingerprint density at radius 1 is 1.22 bits per heavy atom. The lowest BCUT2D eigenvalue weighted by Gasteiger charge is -2.22. The normalized spacial score (nSPS) is 25.3. The van der Waals surface area contributed by atoms with Gasteiger partial charge in [0.1, 0.15) is 24.6 Å². The van der Waals surface area contributed by atoms with E-state index in [1.54, 1.807) is 4.57 Å². The van der Waals surface area contributed by atoms with Crippen LogP contribution >= 0.6 is 0 Å². The fourth-order valence-electron chi connectivity index (χ4n) is 3.26. The van der Waals surface area contributed by atoms with Crippen molar-refractivity contribution in [3.8, 4) is 5.88 Å². The van der Waals surface area contributed by atoms with Crippen molar-refractivity contribution in [3.05, 3.63) is 48.0 Å².